The lowest BCUT2D eigenvalue weighted by atomic mass is 10.2. The molecule has 2 aromatic carbocycles. The number of nitrogens with two attached hydrogens (primary N) is 1. The molecule has 0 saturated heterocycles. The number of benzene rings is 2. The fourth-order valence-electron chi connectivity index (χ4n) is 1.72. The molecule has 2 rings (SSSR count). The molecule has 0 saturated carbocycles. The molecule has 0 aliphatic rings. The van der Waals surface area contributed by atoms with Crippen molar-refractivity contribution in [1.29, 1.82) is 0 Å². The first-order valence-corrected chi connectivity index (χ1v) is 6.87. The minimum Gasteiger partial charge on any atom is -0.398 e. The van der Waals surface area contributed by atoms with Crippen LogP contribution in [0.3, 0.4) is 0 Å². The molecule has 0 atom stereocenters. The van der Waals surface area contributed by atoms with Crippen molar-refractivity contribution in [2.24, 2.45) is 0 Å². The van der Waals surface area contributed by atoms with Crippen LogP contribution in [0.4, 0.5) is 15.8 Å². The highest BCUT2D eigenvalue weighted by molar-refractivity contribution is 7.98. The third-order valence-corrected chi connectivity index (χ3v) is 3.91. The van der Waals surface area contributed by atoms with Gasteiger partial charge >= 0.3 is 5.69 Å². The number of hydrogen-bond acceptors (Lipinski definition) is 4. The maximum atomic E-state index is 13.5. The number of aryl methyl sites for hydroxylation is 1. The lowest BCUT2D eigenvalue weighted by molar-refractivity contribution is -0.387. The molecule has 20 heavy (non-hydrogen) atoms. The maximum absolute atomic E-state index is 13.5. The van der Waals surface area contributed by atoms with Gasteiger partial charge in [-0.05, 0) is 36.2 Å². The van der Waals surface area contributed by atoms with Crippen LogP contribution >= 0.6 is 11.8 Å². The number of thioether (sulfide) groups is 1. The van der Waals surface area contributed by atoms with E-state index in [1.807, 2.05) is 25.1 Å². The fraction of sp³-hybridized carbons (Fsp3) is 0.143. The highest BCUT2D eigenvalue weighted by Crippen LogP contribution is 2.30. The molecule has 0 unspecified atom stereocenters. The van der Waals surface area contributed by atoms with Gasteiger partial charge in [0.2, 0.25) is 5.82 Å². The number of nitrogens with zero attached hydrogens (tertiary/aromatic N) is 1. The zero-order chi connectivity index (χ0) is 14.7. The van der Waals surface area contributed by atoms with Gasteiger partial charge in [-0.2, -0.15) is 4.39 Å². The summed E-state index contributed by atoms with van der Waals surface area (Å²) in [4.78, 5) is 10.7. The molecule has 4 nitrogen and oxygen atoms in total. The van der Waals surface area contributed by atoms with Gasteiger partial charge in [-0.1, -0.05) is 12.1 Å². The van der Waals surface area contributed by atoms with Crippen molar-refractivity contribution < 1.29 is 9.31 Å². The predicted octanol–water partition coefficient (Wildman–Crippen LogP) is 3.92. The second-order valence-corrected chi connectivity index (χ2v) is 5.39. The van der Waals surface area contributed by atoms with Gasteiger partial charge in [0.25, 0.3) is 0 Å². The lowest BCUT2D eigenvalue weighted by Crippen LogP contribution is -1.94. The van der Waals surface area contributed by atoms with E-state index in [4.69, 9.17) is 5.73 Å². The fourth-order valence-corrected chi connectivity index (χ4v) is 2.72. The Hall–Kier alpha value is -2.08. The van der Waals surface area contributed by atoms with Crippen molar-refractivity contribution >= 4 is 23.1 Å². The number of hydrogen-bond donors (Lipinski definition) is 1. The molecule has 104 valence electrons. The standard InChI is InChI=1S/C14H13FN2O2S/c1-9-2-4-12(16)14(6-9)20-8-10-3-5-13(17(18)19)11(15)7-10/h2-7H,8,16H2,1H3. The average molecular weight is 292 g/mol. The van der Waals surface area contributed by atoms with E-state index < -0.39 is 16.4 Å². The number of anilines is 1. The van der Waals surface area contributed by atoms with E-state index >= 15 is 0 Å². The Kier molecular flexibility index (Phi) is 4.24. The van der Waals surface area contributed by atoms with Crippen LogP contribution in [0.15, 0.2) is 41.3 Å². The van der Waals surface area contributed by atoms with E-state index in [-0.39, 0.29) is 0 Å². The van der Waals surface area contributed by atoms with Gasteiger partial charge in [0, 0.05) is 22.4 Å². The number of halogens is 1. The lowest BCUT2D eigenvalue weighted by Gasteiger charge is -2.07. The summed E-state index contributed by atoms with van der Waals surface area (Å²) in [6, 6.07) is 9.64. The molecule has 0 aliphatic heterocycles. The molecule has 0 aromatic heterocycles. The third-order valence-electron chi connectivity index (χ3n) is 2.77. The summed E-state index contributed by atoms with van der Waals surface area (Å²) in [5.41, 5.74) is 7.80. The van der Waals surface area contributed by atoms with Crippen molar-refractivity contribution in [3.63, 3.8) is 0 Å². The monoisotopic (exact) mass is 292 g/mol. The summed E-state index contributed by atoms with van der Waals surface area (Å²) in [5, 5.41) is 10.5. The quantitative estimate of drug-likeness (QED) is 0.401. The number of nitrogen functional groups attached to an aromatic ring is 1. The third kappa shape index (κ3) is 3.27. The molecule has 2 aromatic rings. The first-order valence-electron chi connectivity index (χ1n) is 5.89. The summed E-state index contributed by atoms with van der Waals surface area (Å²) < 4.78 is 13.5. The van der Waals surface area contributed by atoms with Crippen LogP contribution in [0.2, 0.25) is 0 Å². The zero-order valence-electron chi connectivity index (χ0n) is 10.8. The van der Waals surface area contributed by atoms with Crippen LogP contribution in [-0.4, -0.2) is 4.92 Å². The van der Waals surface area contributed by atoms with Gasteiger partial charge in [-0.25, -0.2) is 0 Å². The van der Waals surface area contributed by atoms with E-state index in [0.29, 0.717) is 17.0 Å². The van der Waals surface area contributed by atoms with E-state index in [1.54, 1.807) is 6.07 Å². The van der Waals surface area contributed by atoms with Crippen molar-refractivity contribution in [2.75, 3.05) is 5.73 Å². The normalized spacial score (nSPS) is 10.5. The minimum atomic E-state index is -0.815. The molecule has 0 fully saturated rings. The Morgan fingerprint density at radius 3 is 2.70 bits per heavy atom. The number of rotatable bonds is 4. The number of nitro groups is 1. The first-order chi connectivity index (χ1) is 9.47. The second-order valence-electron chi connectivity index (χ2n) is 4.37. The van der Waals surface area contributed by atoms with Gasteiger partial charge in [0.15, 0.2) is 0 Å². The smallest absolute Gasteiger partial charge is 0.304 e. The zero-order valence-corrected chi connectivity index (χ0v) is 11.6. The molecule has 0 bridgehead atoms. The molecular formula is C14H13FN2O2S. The largest absolute Gasteiger partial charge is 0.398 e. The number of nitro benzene ring substituents is 1. The molecule has 0 spiro atoms. The van der Waals surface area contributed by atoms with Crippen LogP contribution in [0.5, 0.6) is 0 Å². The van der Waals surface area contributed by atoms with E-state index in [2.05, 4.69) is 0 Å². The molecule has 0 heterocycles. The summed E-state index contributed by atoms with van der Waals surface area (Å²) >= 11 is 1.48. The highest BCUT2D eigenvalue weighted by atomic mass is 32.2. The summed E-state index contributed by atoms with van der Waals surface area (Å²) in [6.45, 7) is 1.97. The van der Waals surface area contributed by atoms with Gasteiger partial charge in [0.05, 0.1) is 4.92 Å². The van der Waals surface area contributed by atoms with Gasteiger partial charge < -0.3 is 5.73 Å². The first kappa shape index (κ1) is 14.3. The average Bonchev–Trinajstić information content (AvgIpc) is 2.39. The Morgan fingerprint density at radius 2 is 2.05 bits per heavy atom. The molecule has 0 amide bonds. The summed E-state index contributed by atoms with van der Waals surface area (Å²) in [6.07, 6.45) is 0. The molecule has 0 radical (unpaired) electrons. The Labute approximate surface area is 119 Å². The van der Waals surface area contributed by atoms with E-state index in [1.165, 1.54) is 23.9 Å². The predicted molar refractivity (Wildman–Crippen MR) is 78.2 cm³/mol. The summed E-state index contributed by atoms with van der Waals surface area (Å²) in [5.74, 6) is -0.312. The van der Waals surface area contributed by atoms with Crippen LogP contribution in [0, 0.1) is 22.9 Å². The summed E-state index contributed by atoms with van der Waals surface area (Å²) in [7, 11) is 0. The van der Waals surface area contributed by atoms with Gasteiger partial charge in [-0.3, -0.25) is 10.1 Å². The Morgan fingerprint density at radius 1 is 1.30 bits per heavy atom. The van der Waals surface area contributed by atoms with Crippen LogP contribution in [-0.2, 0) is 5.75 Å². The van der Waals surface area contributed by atoms with Gasteiger partial charge in [0.1, 0.15) is 0 Å². The van der Waals surface area contributed by atoms with Crippen LogP contribution in [0.1, 0.15) is 11.1 Å². The van der Waals surface area contributed by atoms with Crippen molar-refractivity contribution in [2.45, 2.75) is 17.6 Å². The van der Waals surface area contributed by atoms with Crippen LogP contribution in [0.25, 0.3) is 0 Å². The highest BCUT2D eigenvalue weighted by Gasteiger charge is 2.13. The Balaban J connectivity index is 2.13. The van der Waals surface area contributed by atoms with Crippen molar-refractivity contribution in [3.8, 4) is 0 Å². The van der Waals surface area contributed by atoms with Gasteiger partial charge in [-0.15, -0.1) is 11.8 Å². The molecular weight excluding hydrogens is 279 g/mol. The SMILES string of the molecule is Cc1ccc(N)c(SCc2ccc([N+](=O)[O-])c(F)c2)c1. The topological polar surface area (TPSA) is 69.2 Å². The minimum absolute atomic E-state index is 0.503. The Bertz CT molecular complexity index is 662. The van der Waals surface area contributed by atoms with Crippen LogP contribution < -0.4 is 5.73 Å². The van der Waals surface area contributed by atoms with Crippen molar-refractivity contribution in [3.05, 3.63) is 63.5 Å². The molecule has 2 N–H and O–H groups in total. The molecule has 0 aliphatic carbocycles. The van der Waals surface area contributed by atoms with E-state index in [0.717, 1.165) is 10.5 Å². The molecule has 6 heteroatoms. The van der Waals surface area contributed by atoms with E-state index in [9.17, 15) is 14.5 Å². The second kappa shape index (κ2) is 5.92. The van der Waals surface area contributed by atoms with Crippen molar-refractivity contribution in [1.82, 2.24) is 0 Å². The maximum Gasteiger partial charge on any atom is 0.304 e.